The maximum atomic E-state index is 11.0. The van der Waals surface area contributed by atoms with Gasteiger partial charge in [0, 0.05) is 5.41 Å². The molecular weight excluding hydrogens is 144 g/mol. The summed E-state index contributed by atoms with van der Waals surface area (Å²) in [6.07, 6.45) is 0. The monoisotopic (exact) mass is 157 g/mol. The van der Waals surface area contributed by atoms with E-state index in [0.29, 0.717) is 0 Å². The van der Waals surface area contributed by atoms with Gasteiger partial charge in [-0.2, -0.15) is 0 Å². The van der Waals surface area contributed by atoms with Crippen LogP contribution in [-0.2, 0) is 9.59 Å². The average Bonchev–Trinajstić information content (AvgIpc) is 1.80. The van der Waals surface area contributed by atoms with Gasteiger partial charge in [-0.25, -0.2) is 0 Å². The van der Waals surface area contributed by atoms with Crippen LogP contribution in [-0.4, -0.2) is 18.4 Å². The van der Waals surface area contributed by atoms with Crippen molar-refractivity contribution in [3.05, 3.63) is 0 Å². The van der Waals surface area contributed by atoms with Gasteiger partial charge in [0.25, 0.3) is 5.91 Å². The molecule has 0 aromatic carbocycles. The first-order chi connectivity index (χ1) is 4.84. The Balaban J connectivity index is 3.80. The van der Waals surface area contributed by atoms with E-state index in [0.717, 1.165) is 0 Å². The van der Waals surface area contributed by atoms with Crippen LogP contribution in [0, 0.1) is 5.41 Å². The van der Waals surface area contributed by atoms with Crippen molar-refractivity contribution in [3.8, 4) is 0 Å². The van der Waals surface area contributed by atoms with E-state index in [9.17, 15) is 9.59 Å². The second-order valence-electron chi connectivity index (χ2n) is 3.36. The number of rotatable bonds is 2. The van der Waals surface area contributed by atoms with Gasteiger partial charge in [0.1, 0.15) is 0 Å². The number of hydrogen-bond acceptors (Lipinski definition) is 2. The number of carbonyl (C=O) groups excluding carboxylic acids is 2. The zero-order valence-corrected chi connectivity index (χ0v) is 7.02. The summed E-state index contributed by atoms with van der Waals surface area (Å²) in [7, 11) is 0. The summed E-state index contributed by atoms with van der Waals surface area (Å²) < 4.78 is 0. The van der Waals surface area contributed by atoms with Crippen LogP contribution < -0.4 is 11.1 Å². The lowest BCUT2D eigenvalue weighted by molar-refractivity contribution is -0.130. The predicted molar refractivity (Wildman–Crippen MR) is 40.6 cm³/mol. The van der Waals surface area contributed by atoms with Crippen LogP contribution in [0.3, 0.4) is 0 Å². The fourth-order valence-corrected chi connectivity index (χ4v) is 0.426. The maximum absolute atomic E-state index is 11.0. The minimum atomic E-state index is -0.775. The second-order valence-corrected chi connectivity index (χ2v) is 3.36. The van der Waals surface area contributed by atoms with Gasteiger partial charge in [0.15, 0.2) is 0 Å². The number of hydrogen-bond donors (Lipinski definition) is 1. The van der Waals surface area contributed by atoms with Gasteiger partial charge in [0.2, 0.25) is 5.91 Å². The third kappa shape index (κ3) is 4.36. The van der Waals surface area contributed by atoms with Crippen LogP contribution in [0.2, 0.25) is 0 Å². The molecule has 0 saturated carbocycles. The molecule has 0 atom stereocenters. The van der Waals surface area contributed by atoms with E-state index in [1.807, 2.05) is 0 Å². The minimum absolute atomic E-state index is 0.198. The zero-order valence-electron chi connectivity index (χ0n) is 7.02. The van der Waals surface area contributed by atoms with Crippen molar-refractivity contribution >= 4 is 11.8 Å². The fraction of sp³-hybridized carbons (Fsp3) is 0.714. The van der Waals surface area contributed by atoms with Crippen LogP contribution >= 0.6 is 0 Å². The van der Waals surface area contributed by atoms with Crippen LogP contribution in [0.5, 0.6) is 0 Å². The van der Waals surface area contributed by atoms with Gasteiger partial charge in [-0.3, -0.25) is 15.3 Å². The predicted octanol–water partition coefficient (Wildman–Crippen LogP) is -0.0418. The summed E-state index contributed by atoms with van der Waals surface area (Å²) in [4.78, 5) is 21.1. The molecule has 0 aromatic rings. The number of amides is 2. The Morgan fingerprint density at radius 2 is 1.82 bits per heavy atom. The molecule has 0 fully saturated rings. The lowest BCUT2D eigenvalue weighted by atomic mass is 9.96. The van der Waals surface area contributed by atoms with Gasteiger partial charge in [-0.05, 0) is 0 Å². The summed E-state index contributed by atoms with van der Waals surface area (Å²) >= 11 is 0. The summed E-state index contributed by atoms with van der Waals surface area (Å²) in [5, 5.41) is 2.35. The van der Waals surface area contributed by atoms with Gasteiger partial charge in [-0.15, -0.1) is 0 Å². The van der Waals surface area contributed by atoms with E-state index in [1.54, 1.807) is 20.8 Å². The molecule has 0 unspecified atom stereocenters. The van der Waals surface area contributed by atoms with Crippen molar-refractivity contribution in [2.24, 2.45) is 5.41 Å². The highest BCUT2D eigenvalue weighted by Crippen LogP contribution is 2.11. The van der Waals surface area contributed by atoms with Crippen molar-refractivity contribution in [1.82, 2.24) is 11.1 Å². The molecule has 0 bridgehead atoms. The molecule has 0 saturated heterocycles. The molecule has 4 heteroatoms. The highest BCUT2D eigenvalue weighted by molar-refractivity contribution is 5.86. The van der Waals surface area contributed by atoms with Crippen molar-refractivity contribution in [3.63, 3.8) is 0 Å². The largest absolute Gasteiger partial charge is 0.347 e. The Morgan fingerprint density at radius 1 is 1.36 bits per heavy atom. The normalized spacial score (nSPS) is 10.8. The standard InChI is InChI=1S/C7H13N2O2/c1-7(2,3)6(11)9-4-5(8)10/h8H,4H2,1-3H3,(H,9,11). The molecule has 11 heavy (non-hydrogen) atoms. The number of nitrogens with one attached hydrogen (secondary N) is 2. The van der Waals surface area contributed by atoms with Crippen molar-refractivity contribution in [1.29, 1.82) is 0 Å². The topological polar surface area (TPSA) is 70.0 Å². The van der Waals surface area contributed by atoms with Crippen molar-refractivity contribution in [2.75, 3.05) is 6.54 Å². The Bertz CT molecular complexity index is 170. The van der Waals surface area contributed by atoms with Gasteiger partial charge in [-0.1, -0.05) is 20.8 Å². The molecule has 0 aliphatic rings. The quantitative estimate of drug-likeness (QED) is 0.611. The molecule has 63 valence electrons. The Hall–Kier alpha value is -1.06. The molecule has 0 spiro atoms. The SMILES string of the molecule is CC(C)(C)C(=O)NCC([NH])=O. The van der Waals surface area contributed by atoms with Gasteiger partial charge < -0.3 is 5.32 Å². The Labute approximate surface area is 66.1 Å². The molecule has 0 rings (SSSR count). The molecule has 2 amide bonds. The van der Waals surface area contributed by atoms with Crippen LogP contribution in [0.15, 0.2) is 0 Å². The zero-order chi connectivity index (χ0) is 9.07. The Morgan fingerprint density at radius 3 is 2.09 bits per heavy atom. The molecule has 0 aromatic heterocycles. The lowest BCUT2D eigenvalue weighted by Gasteiger charge is -2.16. The minimum Gasteiger partial charge on any atom is -0.347 e. The van der Waals surface area contributed by atoms with Gasteiger partial charge in [0.05, 0.1) is 6.54 Å². The third-order valence-corrected chi connectivity index (χ3v) is 1.09. The maximum Gasteiger partial charge on any atom is 0.257 e. The van der Waals surface area contributed by atoms with Crippen LogP contribution in [0.4, 0.5) is 0 Å². The first kappa shape index (κ1) is 9.94. The fourth-order valence-electron chi connectivity index (χ4n) is 0.426. The summed E-state index contributed by atoms with van der Waals surface area (Å²) in [6, 6.07) is 0. The van der Waals surface area contributed by atoms with Crippen LogP contribution in [0.25, 0.3) is 0 Å². The summed E-state index contributed by atoms with van der Waals surface area (Å²) in [5.41, 5.74) is 6.03. The molecule has 0 aliphatic carbocycles. The molecule has 0 heterocycles. The van der Waals surface area contributed by atoms with E-state index < -0.39 is 11.3 Å². The third-order valence-electron chi connectivity index (χ3n) is 1.09. The first-order valence-corrected chi connectivity index (χ1v) is 3.37. The molecule has 4 nitrogen and oxygen atoms in total. The van der Waals surface area contributed by atoms with E-state index in [2.05, 4.69) is 5.32 Å². The molecule has 0 aliphatic heterocycles. The molecule has 1 radical (unpaired) electrons. The highest BCUT2D eigenvalue weighted by atomic mass is 16.2. The highest BCUT2D eigenvalue weighted by Gasteiger charge is 2.20. The van der Waals surface area contributed by atoms with E-state index in [-0.39, 0.29) is 12.5 Å². The Kier molecular flexibility index (Phi) is 3.04. The molecule has 2 N–H and O–H groups in total. The smallest absolute Gasteiger partial charge is 0.257 e. The summed E-state index contributed by atoms with van der Waals surface area (Å²) in [6.45, 7) is 5.04. The van der Waals surface area contributed by atoms with E-state index >= 15 is 0 Å². The van der Waals surface area contributed by atoms with Crippen molar-refractivity contribution < 1.29 is 9.59 Å². The lowest BCUT2D eigenvalue weighted by Crippen LogP contribution is -2.38. The summed E-state index contributed by atoms with van der Waals surface area (Å²) in [5.74, 6) is -0.985. The number of carbonyl (C=O) groups is 2. The van der Waals surface area contributed by atoms with E-state index in [1.165, 1.54) is 0 Å². The van der Waals surface area contributed by atoms with Gasteiger partial charge >= 0.3 is 0 Å². The van der Waals surface area contributed by atoms with E-state index in [4.69, 9.17) is 5.73 Å². The second kappa shape index (κ2) is 3.37. The first-order valence-electron chi connectivity index (χ1n) is 3.37. The molecular formula is C7H13N2O2. The van der Waals surface area contributed by atoms with Crippen molar-refractivity contribution in [2.45, 2.75) is 20.8 Å². The average molecular weight is 157 g/mol. The van der Waals surface area contributed by atoms with Crippen LogP contribution in [0.1, 0.15) is 20.8 Å².